The van der Waals surface area contributed by atoms with Crippen molar-refractivity contribution in [1.82, 2.24) is 9.97 Å². The van der Waals surface area contributed by atoms with Gasteiger partial charge in [0.1, 0.15) is 6.33 Å². The first kappa shape index (κ1) is 15.7. The highest BCUT2D eigenvalue weighted by atomic mass is 35.5. The molecule has 1 aliphatic heterocycles. The SMILES string of the molecule is CCC1CCOC(c2cncnc2)(c2ccc(Cl)cc2Cl)O1. The fraction of sp³-hybridized carbons (Fsp3) is 0.375. The van der Waals surface area contributed by atoms with Gasteiger partial charge in [-0.05, 0) is 25.0 Å². The normalized spacial score (nSPS) is 25.1. The predicted molar refractivity (Wildman–Crippen MR) is 85.0 cm³/mol. The van der Waals surface area contributed by atoms with Gasteiger partial charge < -0.3 is 9.47 Å². The van der Waals surface area contributed by atoms with Crippen LogP contribution in [0.15, 0.2) is 36.9 Å². The Morgan fingerprint density at radius 1 is 1.27 bits per heavy atom. The molecule has 1 fully saturated rings. The molecule has 1 aliphatic rings. The van der Waals surface area contributed by atoms with Crippen LogP contribution in [0.4, 0.5) is 0 Å². The summed E-state index contributed by atoms with van der Waals surface area (Å²) in [6.07, 6.45) is 6.68. The topological polar surface area (TPSA) is 44.2 Å². The first-order valence-electron chi connectivity index (χ1n) is 7.18. The van der Waals surface area contributed by atoms with Gasteiger partial charge in [0, 0.05) is 23.0 Å². The van der Waals surface area contributed by atoms with Crippen LogP contribution in [-0.4, -0.2) is 22.7 Å². The minimum atomic E-state index is -1.10. The van der Waals surface area contributed by atoms with Crippen molar-refractivity contribution < 1.29 is 9.47 Å². The Kier molecular flexibility index (Phi) is 4.64. The Morgan fingerprint density at radius 2 is 2.05 bits per heavy atom. The second kappa shape index (κ2) is 6.50. The van der Waals surface area contributed by atoms with E-state index in [1.165, 1.54) is 6.33 Å². The smallest absolute Gasteiger partial charge is 0.227 e. The van der Waals surface area contributed by atoms with Gasteiger partial charge in [-0.1, -0.05) is 36.2 Å². The van der Waals surface area contributed by atoms with E-state index in [0.717, 1.165) is 18.4 Å². The molecule has 4 nitrogen and oxygen atoms in total. The van der Waals surface area contributed by atoms with Crippen LogP contribution in [0, 0.1) is 0 Å². The van der Waals surface area contributed by atoms with Crippen molar-refractivity contribution in [3.63, 3.8) is 0 Å². The predicted octanol–water partition coefficient (Wildman–Crippen LogP) is 4.20. The van der Waals surface area contributed by atoms with Gasteiger partial charge in [-0.25, -0.2) is 9.97 Å². The second-order valence-electron chi connectivity index (χ2n) is 5.15. The summed E-state index contributed by atoms with van der Waals surface area (Å²) in [5.41, 5.74) is 1.43. The van der Waals surface area contributed by atoms with Gasteiger partial charge in [0.2, 0.25) is 5.79 Å². The Morgan fingerprint density at radius 3 is 2.73 bits per heavy atom. The number of benzene rings is 1. The van der Waals surface area contributed by atoms with Crippen molar-refractivity contribution in [2.75, 3.05) is 6.61 Å². The minimum Gasteiger partial charge on any atom is -0.342 e. The lowest BCUT2D eigenvalue weighted by Gasteiger charge is -2.41. The number of nitrogens with zero attached hydrogens (tertiary/aromatic N) is 2. The van der Waals surface area contributed by atoms with Crippen molar-refractivity contribution in [3.05, 3.63) is 58.1 Å². The Balaban J connectivity index is 2.14. The molecule has 1 aromatic heterocycles. The van der Waals surface area contributed by atoms with E-state index >= 15 is 0 Å². The number of ether oxygens (including phenoxy) is 2. The largest absolute Gasteiger partial charge is 0.342 e. The summed E-state index contributed by atoms with van der Waals surface area (Å²) < 4.78 is 12.3. The molecule has 1 aromatic carbocycles. The van der Waals surface area contributed by atoms with Gasteiger partial charge in [-0.3, -0.25) is 0 Å². The van der Waals surface area contributed by atoms with E-state index in [-0.39, 0.29) is 6.10 Å². The number of aromatic nitrogens is 2. The Hall–Kier alpha value is -1.20. The van der Waals surface area contributed by atoms with Crippen molar-refractivity contribution in [2.24, 2.45) is 0 Å². The molecule has 2 aromatic rings. The molecule has 2 atom stereocenters. The maximum absolute atomic E-state index is 6.41. The van der Waals surface area contributed by atoms with Crippen LogP contribution in [-0.2, 0) is 15.3 Å². The molecule has 0 amide bonds. The van der Waals surface area contributed by atoms with Gasteiger partial charge in [-0.15, -0.1) is 0 Å². The van der Waals surface area contributed by atoms with E-state index in [2.05, 4.69) is 16.9 Å². The molecule has 0 N–H and O–H groups in total. The highest BCUT2D eigenvalue weighted by molar-refractivity contribution is 6.35. The van der Waals surface area contributed by atoms with Crippen LogP contribution in [0.1, 0.15) is 30.9 Å². The van der Waals surface area contributed by atoms with Crippen molar-refractivity contribution in [1.29, 1.82) is 0 Å². The average molecular weight is 339 g/mol. The van der Waals surface area contributed by atoms with Gasteiger partial charge >= 0.3 is 0 Å². The standard InChI is InChI=1S/C16H16Cl2N2O2/c1-2-13-5-6-21-16(22-13,11-8-19-10-20-9-11)14-4-3-12(17)7-15(14)18/h3-4,7-10,13H,2,5-6H2,1H3. The van der Waals surface area contributed by atoms with Gasteiger partial charge in [0.15, 0.2) is 0 Å². The molecule has 22 heavy (non-hydrogen) atoms. The van der Waals surface area contributed by atoms with E-state index in [1.54, 1.807) is 24.5 Å². The summed E-state index contributed by atoms with van der Waals surface area (Å²) in [5.74, 6) is -1.10. The first-order chi connectivity index (χ1) is 10.7. The molecule has 2 unspecified atom stereocenters. The lowest BCUT2D eigenvalue weighted by atomic mass is 9.97. The molecule has 3 rings (SSSR count). The van der Waals surface area contributed by atoms with Crippen molar-refractivity contribution in [3.8, 4) is 0 Å². The second-order valence-corrected chi connectivity index (χ2v) is 6.00. The van der Waals surface area contributed by atoms with Crippen LogP contribution in [0.25, 0.3) is 0 Å². The molecular weight excluding hydrogens is 323 g/mol. The van der Waals surface area contributed by atoms with Gasteiger partial charge in [0.05, 0.1) is 23.3 Å². The fourth-order valence-electron chi connectivity index (χ4n) is 2.62. The first-order valence-corrected chi connectivity index (χ1v) is 7.94. The number of rotatable bonds is 3. The molecule has 116 valence electrons. The van der Waals surface area contributed by atoms with Gasteiger partial charge in [0.25, 0.3) is 0 Å². The highest BCUT2D eigenvalue weighted by Gasteiger charge is 2.43. The molecule has 0 spiro atoms. The Labute approximate surface area is 139 Å². The van der Waals surface area contributed by atoms with Gasteiger partial charge in [-0.2, -0.15) is 0 Å². The molecule has 0 saturated carbocycles. The monoisotopic (exact) mass is 338 g/mol. The molecule has 2 heterocycles. The Bertz CT molecular complexity index is 654. The summed E-state index contributed by atoms with van der Waals surface area (Å²) >= 11 is 12.4. The molecule has 1 saturated heterocycles. The maximum atomic E-state index is 6.41. The molecule has 0 bridgehead atoms. The van der Waals surface area contributed by atoms with E-state index in [1.807, 2.05) is 6.07 Å². The zero-order valence-corrected chi connectivity index (χ0v) is 13.6. The maximum Gasteiger partial charge on any atom is 0.227 e. The molecule has 6 heteroatoms. The van der Waals surface area contributed by atoms with Crippen molar-refractivity contribution >= 4 is 23.2 Å². The summed E-state index contributed by atoms with van der Waals surface area (Å²) in [7, 11) is 0. The van der Waals surface area contributed by atoms with E-state index in [9.17, 15) is 0 Å². The summed E-state index contributed by atoms with van der Waals surface area (Å²) in [6, 6.07) is 5.29. The highest BCUT2D eigenvalue weighted by Crippen LogP contribution is 2.43. The lowest BCUT2D eigenvalue weighted by molar-refractivity contribution is -0.278. The number of halogens is 2. The van der Waals surface area contributed by atoms with Crippen LogP contribution < -0.4 is 0 Å². The quantitative estimate of drug-likeness (QED) is 0.841. The van der Waals surface area contributed by atoms with Crippen LogP contribution in [0.3, 0.4) is 0 Å². The summed E-state index contributed by atoms with van der Waals surface area (Å²) in [6.45, 7) is 2.66. The molecule has 0 aliphatic carbocycles. The third-order valence-corrected chi connectivity index (χ3v) is 4.31. The third-order valence-electron chi connectivity index (χ3n) is 3.76. The number of hydrogen-bond acceptors (Lipinski definition) is 4. The van der Waals surface area contributed by atoms with E-state index < -0.39 is 5.79 Å². The zero-order valence-electron chi connectivity index (χ0n) is 12.1. The lowest BCUT2D eigenvalue weighted by Crippen LogP contribution is -2.43. The summed E-state index contributed by atoms with van der Waals surface area (Å²) in [4.78, 5) is 8.18. The van der Waals surface area contributed by atoms with Crippen LogP contribution in [0.2, 0.25) is 10.0 Å². The minimum absolute atomic E-state index is 0.0840. The van der Waals surface area contributed by atoms with Crippen LogP contribution >= 0.6 is 23.2 Å². The third kappa shape index (κ3) is 2.84. The molecular formula is C16H16Cl2N2O2. The van der Waals surface area contributed by atoms with Crippen LogP contribution in [0.5, 0.6) is 0 Å². The number of hydrogen-bond donors (Lipinski definition) is 0. The summed E-state index contributed by atoms with van der Waals surface area (Å²) in [5, 5.41) is 1.06. The van der Waals surface area contributed by atoms with Crippen molar-refractivity contribution in [2.45, 2.75) is 31.7 Å². The average Bonchev–Trinajstić information content (AvgIpc) is 2.55. The fourth-order valence-corrected chi connectivity index (χ4v) is 3.16. The van der Waals surface area contributed by atoms with E-state index in [4.69, 9.17) is 32.7 Å². The zero-order chi connectivity index (χ0) is 15.6. The van der Waals surface area contributed by atoms with E-state index in [0.29, 0.717) is 22.2 Å². The molecule has 0 radical (unpaired) electrons.